The van der Waals surface area contributed by atoms with Crippen molar-refractivity contribution in [3.63, 3.8) is 0 Å². The molecule has 4 aliphatic rings. The molecule has 3 fully saturated rings. The van der Waals surface area contributed by atoms with E-state index >= 15 is 0 Å². The molecule has 2 N–H and O–H groups in total. The first-order chi connectivity index (χ1) is 13.0. The molecule has 8 atom stereocenters. The summed E-state index contributed by atoms with van der Waals surface area (Å²) in [7, 11) is 0. The SMILES string of the molecule is CC1=CC(=O)C(O)C2(C)C1CC1OC(=O)C(C)C(CC(=O)O)C13COC(=O)C23. The van der Waals surface area contributed by atoms with E-state index in [1.165, 1.54) is 6.08 Å². The summed E-state index contributed by atoms with van der Waals surface area (Å²) in [6, 6.07) is 0. The molecule has 152 valence electrons. The average Bonchev–Trinajstić information content (AvgIpc) is 2.97. The Morgan fingerprint density at radius 1 is 1.29 bits per heavy atom. The van der Waals surface area contributed by atoms with Gasteiger partial charge in [-0.05, 0) is 31.3 Å². The summed E-state index contributed by atoms with van der Waals surface area (Å²) in [6.07, 6.45) is -0.747. The number of aliphatic hydroxyl groups is 1. The first-order valence-electron chi connectivity index (χ1n) is 9.54. The van der Waals surface area contributed by atoms with Gasteiger partial charge in [-0.25, -0.2) is 0 Å². The molecular formula is C20H24O8. The van der Waals surface area contributed by atoms with Crippen LogP contribution in [-0.2, 0) is 28.7 Å². The fraction of sp³-hybridized carbons (Fsp3) is 0.700. The Morgan fingerprint density at radius 2 is 1.96 bits per heavy atom. The normalized spacial score (nSPS) is 47.3. The number of carboxylic acids is 1. The standard InChI is InChI=1S/C20H24O8/c1-8-4-12(21)16(24)19(3)10(8)5-13-20(7-27-18(26)15(19)20)11(6-14(22)23)9(2)17(25)28-13/h4,9-11,13,15-16,24H,5-7H2,1-3H3,(H,22,23). The zero-order valence-corrected chi connectivity index (χ0v) is 16.0. The maximum atomic E-state index is 12.9. The first-order valence-corrected chi connectivity index (χ1v) is 9.54. The minimum Gasteiger partial charge on any atom is -0.481 e. The molecule has 8 unspecified atom stereocenters. The van der Waals surface area contributed by atoms with Crippen LogP contribution in [0.1, 0.15) is 33.6 Å². The maximum absolute atomic E-state index is 12.9. The maximum Gasteiger partial charge on any atom is 0.310 e. The van der Waals surface area contributed by atoms with Crippen LogP contribution >= 0.6 is 0 Å². The third kappa shape index (κ3) is 2.15. The van der Waals surface area contributed by atoms with Crippen LogP contribution in [0, 0.1) is 34.5 Å². The highest BCUT2D eigenvalue weighted by Crippen LogP contribution is 2.67. The molecule has 0 aromatic rings. The topological polar surface area (TPSA) is 127 Å². The van der Waals surface area contributed by atoms with Gasteiger partial charge in [0.1, 0.15) is 18.8 Å². The Bertz CT molecular complexity index is 815. The van der Waals surface area contributed by atoms with Gasteiger partial charge in [0.25, 0.3) is 0 Å². The molecular weight excluding hydrogens is 368 g/mol. The lowest BCUT2D eigenvalue weighted by atomic mass is 9.42. The van der Waals surface area contributed by atoms with Crippen molar-refractivity contribution >= 4 is 23.7 Å². The highest BCUT2D eigenvalue weighted by Gasteiger charge is 2.75. The number of carbonyl (C=O) groups excluding carboxylic acids is 3. The molecule has 0 radical (unpaired) electrons. The molecule has 0 amide bonds. The van der Waals surface area contributed by atoms with Crippen molar-refractivity contribution in [1.29, 1.82) is 0 Å². The van der Waals surface area contributed by atoms with Crippen molar-refractivity contribution in [2.45, 2.75) is 45.8 Å². The number of esters is 2. The molecule has 0 aromatic carbocycles. The van der Waals surface area contributed by atoms with Crippen LogP contribution in [-0.4, -0.2) is 52.7 Å². The van der Waals surface area contributed by atoms with E-state index in [0.717, 1.165) is 5.57 Å². The van der Waals surface area contributed by atoms with E-state index in [9.17, 15) is 29.4 Å². The number of rotatable bonds is 2. The van der Waals surface area contributed by atoms with Crippen LogP contribution in [0.2, 0.25) is 0 Å². The fourth-order valence-corrected chi connectivity index (χ4v) is 6.47. The Hall–Kier alpha value is -2.22. The van der Waals surface area contributed by atoms with Crippen molar-refractivity contribution in [2.75, 3.05) is 6.61 Å². The van der Waals surface area contributed by atoms with Crippen molar-refractivity contribution in [3.05, 3.63) is 11.6 Å². The van der Waals surface area contributed by atoms with Crippen LogP contribution in [0.25, 0.3) is 0 Å². The average molecular weight is 392 g/mol. The van der Waals surface area contributed by atoms with Crippen LogP contribution in [0.15, 0.2) is 11.6 Å². The summed E-state index contributed by atoms with van der Waals surface area (Å²) < 4.78 is 11.1. The Labute approximate surface area is 161 Å². The summed E-state index contributed by atoms with van der Waals surface area (Å²) in [6.45, 7) is 4.98. The van der Waals surface area contributed by atoms with E-state index in [-0.39, 0.29) is 18.9 Å². The Balaban J connectivity index is 1.93. The van der Waals surface area contributed by atoms with E-state index in [4.69, 9.17) is 9.47 Å². The number of ether oxygens (including phenoxy) is 2. The van der Waals surface area contributed by atoms with Crippen LogP contribution in [0.3, 0.4) is 0 Å². The zero-order chi connectivity index (χ0) is 20.6. The largest absolute Gasteiger partial charge is 0.481 e. The van der Waals surface area contributed by atoms with Gasteiger partial charge in [0, 0.05) is 11.8 Å². The molecule has 1 spiro atoms. The van der Waals surface area contributed by atoms with Crippen molar-refractivity contribution in [1.82, 2.24) is 0 Å². The number of carbonyl (C=O) groups is 4. The summed E-state index contributed by atoms with van der Waals surface area (Å²) >= 11 is 0. The molecule has 8 nitrogen and oxygen atoms in total. The Morgan fingerprint density at radius 3 is 2.61 bits per heavy atom. The van der Waals surface area contributed by atoms with E-state index in [1.807, 2.05) is 0 Å². The van der Waals surface area contributed by atoms with Crippen molar-refractivity contribution < 1.29 is 38.9 Å². The number of ketones is 1. The number of aliphatic carboxylic acids is 1. The van der Waals surface area contributed by atoms with Gasteiger partial charge < -0.3 is 19.7 Å². The molecule has 0 aromatic heterocycles. The number of fused-ring (bicyclic) bond motifs is 2. The summed E-state index contributed by atoms with van der Waals surface area (Å²) in [5.41, 5.74) is -1.51. The second-order valence-corrected chi connectivity index (χ2v) is 8.92. The molecule has 2 aliphatic heterocycles. The van der Waals surface area contributed by atoms with Gasteiger partial charge >= 0.3 is 17.9 Å². The molecule has 8 heteroatoms. The van der Waals surface area contributed by atoms with E-state index in [2.05, 4.69) is 0 Å². The molecule has 1 saturated carbocycles. The zero-order valence-electron chi connectivity index (χ0n) is 16.0. The number of carboxylic acid groups (broad SMARTS) is 1. The van der Waals surface area contributed by atoms with Crippen LogP contribution in [0.5, 0.6) is 0 Å². The predicted molar refractivity (Wildman–Crippen MR) is 92.7 cm³/mol. The molecule has 2 aliphatic carbocycles. The predicted octanol–water partition coefficient (Wildman–Crippen LogP) is 0.714. The van der Waals surface area contributed by atoms with Gasteiger partial charge in [-0.1, -0.05) is 19.4 Å². The van der Waals surface area contributed by atoms with Gasteiger partial charge in [0.2, 0.25) is 0 Å². The van der Waals surface area contributed by atoms with E-state index in [1.54, 1.807) is 20.8 Å². The van der Waals surface area contributed by atoms with E-state index < -0.39 is 64.5 Å². The summed E-state index contributed by atoms with van der Waals surface area (Å²) in [5, 5.41) is 20.3. The van der Waals surface area contributed by atoms with Gasteiger partial charge in [-0.3, -0.25) is 19.2 Å². The third-order valence-electron chi connectivity index (χ3n) is 7.76. The second kappa shape index (κ2) is 5.89. The van der Waals surface area contributed by atoms with E-state index in [0.29, 0.717) is 6.42 Å². The van der Waals surface area contributed by atoms with Gasteiger partial charge in [0.05, 0.1) is 17.3 Å². The lowest BCUT2D eigenvalue weighted by molar-refractivity contribution is -0.230. The number of cyclic esters (lactones) is 1. The van der Waals surface area contributed by atoms with Crippen LogP contribution < -0.4 is 0 Å². The smallest absolute Gasteiger partial charge is 0.310 e. The fourth-order valence-electron chi connectivity index (χ4n) is 6.47. The summed E-state index contributed by atoms with van der Waals surface area (Å²) in [5.74, 6) is -5.35. The lowest BCUT2D eigenvalue weighted by Crippen LogP contribution is -2.69. The quantitative estimate of drug-likeness (QED) is 0.658. The number of hydrogen-bond acceptors (Lipinski definition) is 7. The monoisotopic (exact) mass is 392 g/mol. The van der Waals surface area contributed by atoms with Gasteiger partial charge in [0.15, 0.2) is 5.78 Å². The number of allylic oxidation sites excluding steroid dienone is 1. The van der Waals surface area contributed by atoms with Crippen molar-refractivity contribution in [2.24, 2.45) is 34.5 Å². The van der Waals surface area contributed by atoms with Crippen molar-refractivity contribution in [3.8, 4) is 0 Å². The lowest BCUT2D eigenvalue weighted by Gasteiger charge is -2.61. The second-order valence-electron chi connectivity index (χ2n) is 8.92. The third-order valence-corrected chi connectivity index (χ3v) is 7.76. The highest BCUT2D eigenvalue weighted by atomic mass is 16.6. The molecule has 2 saturated heterocycles. The van der Waals surface area contributed by atoms with Crippen LogP contribution in [0.4, 0.5) is 0 Å². The molecule has 0 bridgehead atoms. The molecule has 2 heterocycles. The minimum absolute atomic E-state index is 0.0806. The molecule has 4 rings (SSSR count). The first kappa shape index (κ1) is 19.1. The summed E-state index contributed by atoms with van der Waals surface area (Å²) in [4.78, 5) is 49.5. The number of aliphatic hydroxyl groups excluding tert-OH is 1. The Kier molecular flexibility index (Phi) is 4.02. The molecule has 28 heavy (non-hydrogen) atoms. The minimum atomic E-state index is -1.41. The van der Waals surface area contributed by atoms with Gasteiger partial charge in [-0.2, -0.15) is 0 Å². The van der Waals surface area contributed by atoms with Gasteiger partial charge in [-0.15, -0.1) is 0 Å². The highest BCUT2D eigenvalue weighted by molar-refractivity contribution is 5.97. The number of hydrogen-bond donors (Lipinski definition) is 2.